The average Bonchev–Trinajstić information content (AvgIpc) is 2.70. The summed E-state index contributed by atoms with van der Waals surface area (Å²) < 4.78 is 1.64. The summed E-state index contributed by atoms with van der Waals surface area (Å²) in [6.07, 6.45) is 3.69. The summed E-state index contributed by atoms with van der Waals surface area (Å²) >= 11 is 12.1. The van der Waals surface area contributed by atoms with Crippen molar-refractivity contribution in [2.75, 3.05) is 0 Å². The third-order valence-corrected chi connectivity index (χ3v) is 5.27. The van der Waals surface area contributed by atoms with E-state index in [0.717, 1.165) is 16.8 Å². The van der Waals surface area contributed by atoms with E-state index in [1.54, 1.807) is 22.8 Å². The number of halogens is 2. The minimum atomic E-state index is -0.103. The fraction of sp³-hybridized carbons (Fsp3) is 0.0435. The second-order valence-corrected chi connectivity index (χ2v) is 7.24. The summed E-state index contributed by atoms with van der Waals surface area (Å²) in [6, 6.07) is 20.5. The van der Waals surface area contributed by atoms with Gasteiger partial charge in [0, 0.05) is 0 Å². The van der Waals surface area contributed by atoms with Gasteiger partial charge in [0.15, 0.2) is 0 Å². The number of fused-ring (bicyclic) bond motifs is 1. The molecule has 138 valence electrons. The molecule has 28 heavy (non-hydrogen) atoms. The van der Waals surface area contributed by atoms with Crippen LogP contribution in [0.5, 0.6) is 0 Å². The number of aryl methyl sites for hydroxylation is 1. The van der Waals surface area contributed by atoms with Gasteiger partial charge in [-0.15, -0.1) is 0 Å². The largest absolute Gasteiger partial charge is 0.268 e. The molecule has 0 saturated heterocycles. The van der Waals surface area contributed by atoms with E-state index in [-0.39, 0.29) is 5.56 Å². The molecule has 0 unspecified atom stereocenters. The zero-order valence-corrected chi connectivity index (χ0v) is 16.6. The Hall–Kier alpha value is -2.88. The SMILES string of the molecule is Cc1ccccc1-n1c(/C=C\c2ccc(Cl)c(Cl)c2)nc2ccccc2c1=O. The lowest BCUT2D eigenvalue weighted by atomic mass is 10.1. The van der Waals surface area contributed by atoms with E-state index in [2.05, 4.69) is 0 Å². The molecule has 5 heteroatoms. The maximum Gasteiger partial charge on any atom is 0.266 e. The van der Waals surface area contributed by atoms with Crippen molar-refractivity contribution in [1.29, 1.82) is 0 Å². The number of hydrogen-bond donors (Lipinski definition) is 0. The van der Waals surface area contributed by atoms with Gasteiger partial charge >= 0.3 is 0 Å². The lowest BCUT2D eigenvalue weighted by Crippen LogP contribution is -2.23. The van der Waals surface area contributed by atoms with Crippen LogP contribution >= 0.6 is 23.2 Å². The van der Waals surface area contributed by atoms with Gasteiger partial charge in [-0.1, -0.05) is 65.7 Å². The smallest absolute Gasteiger partial charge is 0.266 e. The molecule has 0 saturated carbocycles. The molecular weight excluding hydrogens is 391 g/mol. The monoisotopic (exact) mass is 406 g/mol. The summed E-state index contributed by atoms with van der Waals surface area (Å²) in [5, 5.41) is 1.56. The number of nitrogens with zero attached hydrogens (tertiary/aromatic N) is 2. The van der Waals surface area contributed by atoms with Crippen LogP contribution in [0.3, 0.4) is 0 Å². The van der Waals surface area contributed by atoms with Crippen LogP contribution in [-0.2, 0) is 0 Å². The first-order chi connectivity index (χ1) is 13.5. The minimum Gasteiger partial charge on any atom is -0.268 e. The van der Waals surface area contributed by atoms with Crippen LogP contribution < -0.4 is 5.56 Å². The Morgan fingerprint density at radius 3 is 2.43 bits per heavy atom. The van der Waals surface area contributed by atoms with E-state index in [1.807, 2.05) is 67.6 Å². The van der Waals surface area contributed by atoms with E-state index < -0.39 is 0 Å². The van der Waals surface area contributed by atoms with Crippen LogP contribution in [0.4, 0.5) is 0 Å². The first-order valence-electron chi connectivity index (χ1n) is 8.75. The van der Waals surface area contributed by atoms with Crippen LogP contribution in [-0.4, -0.2) is 9.55 Å². The minimum absolute atomic E-state index is 0.103. The van der Waals surface area contributed by atoms with Crippen molar-refractivity contribution in [3.63, 3.8) is 0 Å². The van der Waals surface area contributed by atoms with Gasteiger partial charge in [-0.3, -0.25) is 9.36 Å². The summed E-state index contributed by atoms with van der Waals surface area (Å²) in [5.74, 6) is 0.545. The Kier molecular flexibility index (Phi) is 5.03. The molecule has 0 atom stereocenters. The maximum absolute atomic E-state index is 13.3. The predicted octanol–water partition coefficient (Wildman–Crippen LogP) is 6.17. The molecular formula is C23H16Cl2N2O. The first-order valence-corrected chi connectivity index (χ1v) is 9.51. The molecule has 0 aliphatic rings. The van der Waals surface area contributed by atoms with Crippen LogP contribution in [0.2, 0.25) is 10.0 Å². The highest BCUT2D eigenvalue weighted by Crippen LogP contribution is 2.24. The van der Waals surface area contributed by atoms with E-state index in [0.29, 0.717) is 26.8 Å². The Balaban J connectivity index is 1.95. The van der Waals surface area contributed by atoms with Crippen molar-refractivity contribution < 1.29 is 0 Å². The Morgan fingerprint density at radius 1 is 0.893 bits per heavy atom. The normalized spacial score (nSPS) is 11.4. The number of aromatic nitrogens is 2. The molecule has 0 spiro atoms. The van der Waals surface area contributed by atoms with Gasteiger partial charge in [-0.2, -0.15) is 0 Å². The highest BCUT2D eigenvalue weighted by Gasteiger charge is 2.12. The summed E-state index contributed by atoms with van der Waals surface area (Å²) in [6.45, 7) is 1.98. The molecule has 1 aromatic heterocycles. The number of hydrogen-bond acceptors (Lipinski definition) is 2. The molecule has 1 heterocycles. The van der Waals surface area contributed by atoms with Crippen molar-refractivity contribution in [1.82, 2.24) is 9.55 Å². The number of benzene rings is 3. The van der Waals surface area contributed by atoms with Gasteiger partial charge in [-0.25, -0.2) is 4.98 Å². The fourth-order valence-corrected chi connectivity index (χ4v) is 3.40. The molecule has 0 radical (unpaired) electrons. The predicted molar refractivity (Wildman–Crippen MR) is 117 cm³/mol. The van der Waals surface area contributed by atoms with Crippen molar-refractivity contribution in [2.24, 2.45) is 0 Å². The molecule has 0 bridgehead atoms. The summed E-state index contributed by atoms with van der Waals surface area (Å²) in [4.78, 5) is 18.0. The van der Waals surface area contributed by atoms with Crippen molar-refractivity contribution in [3.8, 4) is 5.69 Å². The van der Waals surface area contributed by atoms with Gasteiger partial charge in [0.05, 0.1) is 26.6 Å². The maximum atomic E-state index is 13.3. The number of rotatable bonds is 3. The molecule has 3 aromatic carbocycles. The lowest BCUT2D eigenvalue weighted by molar-refractivity contribution is 0.934. The molecule has 4 aromatic rings. The quantitative estimate of drug-likeness (QED) is 0.407. The summed E-state index contributed by atoms with van der Waals surface area (Å²) in [7, 11) is 0. The van der Waals surface area contributed by atoms with E-state index in [4.69, 9.17) is 28.2 Å². The van der Waals surface area contributed by atoms with Gasteiger partial charge in [0.25, 0.3) is 5.56 Å². The van der Waals surface area contributed by atoms with Crippen molar-refractivity contribution in [3.05, 3.63) is 104 Å². The molecule has 0 aliphatic carbocycles. The van der Waals surface area contributed by atoms with Gasteiger partial charge in [0.2, 0.25) is 0 Å². The molecule has 3 nitrogen and oxygen atoms in total. The van der Waals surface area contributed by atoms with Crippen molar-refractivity contribution in [2.45, 2.75) is 6.92 Å². The summed E-state index contributed by atoms with van der Waals surface area (Å²) in [5.41, 5.74) is 3.22. The van der Waals surface area contributed by atoms with Gasteiger partial charge in [0.1, 0.15) is 5.82 Å². The molecule has 0 N–H and O–H groups in total. The fourth-order valence-electron chi connectivity index (χ4n) is 3.10. The van der Waals surface area contributed by atoms with E-state index in [1.165, 1.54) is 0 Å². The third-order valence-electron chi connectivity index (χ3n) is 4.53. The first kappa shape index (κ1) is 18.5. The van der Waals surface area contributed by atoms with E-state index in [9.17, 15) is 4.79 Å². The third kappa shape index (κ3) is 3.47. The standard InChI is InChI=1S/C23H16Cl2N2O/c1-15-6-2-5-9-21(15)27-22(13-11-16-10-12-18(24)19(25)14-16)26-20-8-4-3-7-17(20)23(27)28/h2-14H,1H3/b13-11-. The topological polar surface area (TPSA) is 34.9 Å². The zero-order chi connectivity index (χ0) is 19.7. The van der Waals surface area contributed by atoms with Crippen molar-refractivity contribution >= 4 is 46.3 Å². The Labute approximate surface area is 172 Å². The highest BCUT2D eigenvalue weighted by molar-refractivity contribution is 6.42. The van der Waals surface area contributed by atoms with Crippen LogP contribution in [0, 0.1) is 6.92 Å². The Bertz CT molecular complexity index is 1280. The van der Waals surface area contributed by atoms with E-state index >= 15 is 0 Å². The van der Waals surface area contributed by atoms with Gasteiger partial charge in [-0.05, 0) is 54.5 Å². The molecule has 0 amide bonds. The number of para-hydroxylation sites is 2. The molecule has 0 aliphatic heterocycles. The molecule has 4 rings (SSSR count). The second-order valence-electron chi connectivity index (χ2n) is 6.42. The second kappa shape index (κ2) is 7.63. The average molecular weight is 407 g/mol. The zero-order valence-electron chi connectivity index (χ0n) is 15.1. The van der Waals surface area contributed by atoms with Crippen LogP contribution in [0.15, 0.2) is 71.5 Å². The molecule has 0 fully saturated rings. The van der Waals surface area contributed by atoms with Crippen LogP contribution in [0.1, 0.15) is 17.0 Å². The van der Waals surface area contributed by atoms with Crippen LogP contribution in [0.25, 0.3) is 28.7 Å². The van der Waals surface area contributed by atoms with Gasteiger partial charge < -0.3 is 0 Å². The lowest BCUT2D eigenvalue weighted by Gasteiger charge is -2.13. The Morgan fingerprint density at radius 2 is 1.64 bits per heavy atom. The highest BCUT2D eigenvalue weighted by atomic mass is 35.5.